The molecule has 4 rings (SSSR count). The Kier molecular flexibility index (Phi) is 5.62. The largest absolute Gasteiger partial charge is 0.384 e. The molecule has 2 aromatic rings. The molecule has 1 aromatic carbocycles. The van der Waals surface area contributed by atoms with Crippen LogP contribution >= 0.6 is 23.8 Å². The number of thiocarbonyl (C=S) groups is 1. The van der Waals surface area contributed by atoms with Crippen LogP contribution in [-0.2, 0) is 11.3 Å². The van der Waals surface area contributed by atoms with Crippen LogP contribution in [0.3, 0.4) is 0 Å². The van der Waals surface area contributed by atoms with E-state index in [1.807, 2.05) is 6.07 Å². The highest BCUT2D eigenvalue weighted by Crippen LogP contribution is 2.40. The van der Waals surface area contributed by atoms with E-state index in [1.54, 1.807) is 18.3 Å². The Morgan fingerprint density at radius 1 is 1.37 bits per heavy atom. The lowest BCUT2D eigenvalue weighted by Gasteiger charge is -2.46. The van der Waals surface area contributed by atoms with E-state index in [1.165, 1.54) is 12.1 Å². The van der Waals surface area contributed by atoms with Gasteiger partial charge in [0.1, 0.15) is 16.6 Å². The summed E-state index contributed by atoms with van der Waals surface area (Å²) in [4.78, 5) is 17.2. The number of carbonyl (C=O) groups is 1. The van der Waals surface area contributed by atoms with Crippen LogP contribution in [0.4, 0.5) is 15.9 Å². The topological polar surface area (TPSA) is 92.1 Å². The Labute approximate surface area is 184 Å². The van der Waals surface area contributed by atoms with Gasteiger partial charge >= 0.3 is 0 Å². The van der Waals surface area contributed by atoms with E-state index in [0.29, 0.717) is 30.0 Å². The minimum Gasteiger partial charge on any atom is -0.384 e. The maximum atomic E-state index is 13.8. The monoisotopic (exact) mass is 445 g/mol. The van der Waals surface area contributed by atoms with Crippen LogP contribution in [0, 0.1) is 5.82 Å². The molecule has 0 atom stereocenters. The molecular weight excluding hydrogens is 425 g/mol. The number of anilines is 2. The van der Waals surface area contributed by atoms with Crippen LogP contribution in [0.25, 0.3) is 0 Å². The molecule has 30 heavy (non-hydrogen) atoms. The summed E-state index contributed by atoms with van der Waals surface area (Å²) in [5.41, 5.74) is 7.87. The van der Waals surface area contributed by atoms with E-state index in [0.717, 1.165) is 30.5 Å². The molecule has 0 unspecified atom stereocenters. The molecule has 156 valence electrons. The van der Waals surface area contributed by atoms with Crippen LogP contribution in [0.2, 0.25) is 5.02 Å². The van der Waals surface area contributed by atoms with Crippen LogP contribution < -0.4 is 21.7 Å². The molecule has 0 saturated heterocycles. The third-order valence-electron chi connectivity index (χ3n) is 5.51. The van der Waals surface area contributed by atoms with Gasteiger partial charge in [-0.2, -0.15) is 0 Å². The minimum absolute atomic E-state index is 0.0751. The molecule has 1 aromatic heterocycles. The molecule has 2 aliphatic rings. The number of nitrogens with two attached hydrogens (primary N) is 1. The third-order valence-corrected chi connectivity index (χ3v) is 6.20. The number of nitrogens with zero attached hydrogens (tertiary/aromatic N) is 1. The fraction of sp³-hybridized carbons (Fsp3) is 0.286. The summed E-state index contributed by atoms with van der Waals surface area (Å²) in [6.07, 6.45) is 5.21. The number of carbonyl (C=O) groups excluding carboxylic acids is 1. The molecule has 0 radical (unpaired) electrons. The molecular formula is C21H21ClFN5OS. The van der Waals surface area contributed by atoms with Crippen molar-refractivity contribution in [1.29, 1.82) is 0 Å². The summed E-state index contributed by atoms with van der Waals surface area (Å²) in [7, 11) is 0. The summed E-state index contributed by atoms with van der Waals surface area (Å²) in [6.45, 7) is 0.470. The highest BCUT2D eigenvalue weighted by atomic mass is 35.5. The van der Waals surface area contributed by atoms with E-state index in [-0.39, 0.29) is 21.5 Å². The van der Waals surface area contributed by atoms with Crippen molar-refractivity contribution >= 4 is 46.2 Å². The number of pyridine rings is 1. The lowest BCUT2D eigenvalue weighted by molar-refractivity contribution is -0.120. The Morgan fingerprint density at radius 3 is 2.87 bits per heavy atom. The average Bonchev–Trinajstić information content (AvgIpc) is 2.68. The molecule has 2 heterocycles. The Morgan fingerprint density at radius 2 is 2.17 bits per heavy atom. The van der Waals surface area contributed by atoms with Crippen molar-refractivity contribution in [2.45, 2.75) is 37.8 Å². The zero-order valence-electron chi connectivity index (χ0n) is 16.1. The molecule has 1 aliphatic heterocycles. The van der Waals surface area contributed by atoms with Crippen LogP contribution in [-0.4, -0.2) is 21.4 Å². The number of nitrogens with one attached hydrogen (secondary N) is 3. The number of benzene rings is 1. The van der Waals surface area contributed by atoms with Crippen molar-refractivity contribution in [2.24, 2.45) is 0 Å². The van der Waals surface area contributed by atoms with Gasteiger partial charge in [-0.1, -0.05) is 29.9 Å². The number of hydrogen-bond acceptors (Lipinski definition) is 5. The van der Waals surface area contributed by atoms with Crippen LogP contribution in [0.5, 0.6) is 0 Å². The predicted octanol–water partition coefficient (Wildman–Crippen LogP) is 3.68. The number of halogens is 2. The van der Waals surface area contributed by atoms with Gasteiger partial charge in [-0.3, -0.25) is 4.79 Å². The average molecular weight is 446 g/mol. The van der Waals surface area contributed by atoms with Gasteiger partial charge < -0.3 is 21.7 Å². The number of nitrogen functional groups attached to an aromatic ring is 1. The number of rotatable bonds is 5. The molecule has 5 N–H and O–H groups in total. The fourth-order valence-electron chi connectivity index (χ4n) is 3.81. The Balaban J connectivity index is 1.62. The van der Waals surface area contributed by atoms with E-state index >= 15 is 0 Å². The van der Waals surface area contributed by atoms with E-state index in [4.69, 9.17) is 29.6 Å². The Hall–Kier alpha value is -2.71. The predicted molar refractivity (Wildman–Crippen MR) is 119 cm³/mol. The summed E-state index contributed by atoms with van der Waals surface area (Å²) in [6, 6.07) is 8.03. The second-order valence-electron chi connectivity index (χ2n) is 7.62. The van der Waals surface area contributed by atoms with Crippen LogP contribution in [0.15, 0.2) is 47.8 Å². The normalized spacial score (nSPS) is 17.3. The van der Waals surface area contributed by atoms with Crippen molar-refractivity contribution in [3.05, 3.63) is 64.2 Å². The van der Waals surface area contributed by atoms with Crippen molar-refractivity contribution in [2.75, 3.05) is 11.1 Å². The fourth-order valence-corrected chi connectivity index (χ4v) is 4.31. The first-order valence-electron chi connectivity index (χ1n) is 9.62. The Bertz CT molecular complexity index is 1050. The van der Waals surface area contributed by atoms with Crippen LogP contribution in [0.1, 0.15) is 31.2 Å². The van der Waals surface area contributed by atoms with Gasteiger partial charge in [-0.25, -0.2) is 9.37 Å². The second kappa shape index (κ2) is 8.20. The number of aromatic nitrogens is 1. The van der Waals surface area contributed by atoms with E-state index in [2.05, 4.69) is 20.9 Å². The van der Waals surface area contributed by atoms with Gasteiger partial charge in [-0.15, -0.1) is 0 Å². The molecule has 0 bridgehead atoms. The summed E-state index contributed by atoms with van der Waals surface area (Å²) < 4.78 is 13.8. The zero-order chi connectivity index (χ0) is 21.3. The zero-order valence-corrected chi connectivity index (χ0v) is 17.7. The first-order chi connectivity index (χ1) is 14.4. The van der Waals surface area contributed by atoms with Gasteiger partial charge in [-0.05, 0) is 49.1 Å². The van der Waals surface area contributed by atoms with Gasteiger partial charge in [0.2, 0.25) is 0 Å². The lowest BCUT2D eigenvalue weighted by atomic mass is 9.71. The summed E-state index contributed by atoms with van der Waals surface area (Å²) in [5.74, 6) is -0.380. The smallest absolute Gasteiger partial charge is 0.256 e. The molecule has 1 spiro atoms. The number of amides is 1. The first-order valence-corrected chi connectivity index (χ1v) is 10.4. The van der Waals surface area contributed by atoms with Gasteiger partial charge in [0.05, 0.1) is 16.3 Å². The van der Waals surface area contributed by atoms with Gasteiger partial charge in [0.15, 0.2) is 0 Å². The maximum Gasteiger partial charge on any atom is 0.256 e. The molecule has 1 amide bonds. The summed E-state index contributed by atoms with van der Waals surface area (Å²) >= 11 is 11.5. The number of hydrogen-bond donors (Lipinski definition) is 4. The second-order valence-corrected chi connectivity index (χ2v) is 8.40. The molecule has 6 nitrogen and oxygen atoms in total. The SMILES string of the molecule is Nc1cc(CNC2=C(C(=S)Nc3cccc(F)c3Cl)C(=O)NC3(CCC3)C2)ccn1. The standard InChI is InChI=1S/C21H21ClFN5OS/c22-18-13(23)3-1-4-14(18)27-20(30)17-15(10-21(6-2-7-21)28-19(17)29)26-11-12-5-8-25-16(24)9-12/h1,3-5,8-9,26H,2,6-7,10-11H2,(H2,24,25)(H,27,30)(H,28,29). The van der Waals surface area contributed by atoms with Crippen molar-refractivity contribution in [3.8, 4) is 0 Å². The first kappa shape index (κ1) is 20.6. The molecule has 1 fully saturated rings. The molecule has 9 heteroatoms. The van der Waals surface area contributed by atoms with Crippen molar-refractivity contribution in [1.82, 2.24) is 15.6 Å². The highest BCUT2D eigenvalue weighted by Gasteiger charge is 2.44. The molecule has 1 aliphatic carbocycles. The van der Waals surface area contributed by atoms with Crippen molar-refractivity contribution < 1.29 is 9.18 Å². The van der Waals surface area contributed by atoms with Gasteiger partial charge in [0, 0.05) is 30.4 Å². The van der Waals surface area contributed by atoms with E-state index in [9.17, 15) is 9.18 Å². The quantitative estimate of drug-likeness (QED) is 0.525. The third kappa shape index (κ3) is 4.11. The van der Waals surface area contributed by atoms with Crippen molar-refractivity contribution in [3.63, 3.8) is 0 Å². The summed E-state index contributed by atoms with van der Waals surface area (Å²) in [5, 5.41) is 9.32. The highest BCUT2D eigenvalue weighted by molar-refractivity contribution is 7.81. The van der Waals surface area contributed by atoms with Gasteiger partial charge in [0.25, 0.3) is 5.91 Å². The maximum absolute atomic E-state index is 13.8. The lowest BCUT2D eigenvalue weighted by Crippen LogP contribution is -2.58. The molecule has 1 saturated carbocycles. The minimum atomic E-state index is -0.561. The van der Waals surface area contributed by atoms with E-state index < -0.39 is 5.82 Å².